The molecule has 2 aromatic carbocycles. The molecule has 0 bridgehead atoms. The summed E-state index contributed by atoms with van der Waals surface area (Å²) >= 11 is 5.49. The second-order valence-corrected chi connectivity index (χ2v) is 6.89. The number of aromatic amines is 1. The highest BCUT2D eigenvalue weighted by Gasteiger charge is 2.13. The van der Waals surface area contributed by atoms with Crippen LogP contribution in [0.2, 0.25) is 0 Å². The zero-order chi connectivity index (χ0) is 19.2. The first kappa shape index (κ1) is 19.1. The molecular formula is C21H23N3O2S. The van der Waals surface area contributed by atoms with Crippen molar-refractivity contribution in [1.82, 2.24) is 15.2 Å². The Morgan fingerprint density at radius 2 is 1.96 bits per heavy atom. The summed E-state index contributed by atoms with van der Waals surface area (Å²) in [4.78, 5) is 17.2. The number of aromatic nitrogens is 1. The summed E-state index contributed by atoms with van der Waals surface area (Å²) < 4.78 is 0. The van der Waals surface area contributed by atoms with Gasteiger partial charge in [-0.05, 0) is 48.3 Å². The second kappa shape index (κ2) is 8.79. The predicted molar refractivity (Wildman–Crippen MR) is 113 cm³/mol. The zero-order valence-electron chi connectivity index (χ0n) is 15.2. The molecule has 1 aromatic heterocycles. The average Bonchev–Trinajstić information content (AvgIpc) is 2.67. The maximum absolute atomic E-state index is 12.5. The Morgan fingerprint density at radius 3 is 2.70 bits per heavy atom. The van der Waals surface area contributed by atoms with Crippen LogP contribution in [-0.2, 0) is 13.1 Å². The molecular weight excluding hydrogens is 358 g/mol. The van der Waals surface area contributed by atoms with Gasteiger partial charge in [-0.15, -0.1) is 0 Å². The van der Waals surface area contributed by atoms with Crippen molar-refractivity contribution in [3.8, 4) is 0 Å². The van der Waals surface area contributed by atoms with Crippen LogP contribution in [0.3, 0.4) is 0 Å². The summed E-state index contributed by atoms with van der Waals surface area (Å²) in [5.41, 5.74) is 3.54. The summed E-state index contributed by atoms with van der Waals surface area (Å²) in [6.07, 6.45) is 0. The van der Waals surface area contributed by atoms with Gasteiger partial charge in [-0.3, -0.25) is 4.79 Å². The topological polar surface area (TPSA) is 68.4 Å². The summed E-state index contributed by atoms with van der Waals surface area (Å²) in [6, 6.07) is 17.8. The number of nitrogens with zero attached hydrogens (tertiary/aromatic N) is 1. The summed E-state index contributed by atoms with van der Waals surface area (Å²) in [5, 5.41) is 14.1. The van der Waals surface area contributed by atoms with E-state index in [0.29, 0.717) is 30.3 Å². The average molecular weight is 382 g/mol. The molecule has 0 saturated heterocycles. The highest BCUT2D eigenvalue weighted by Crippen LogP contribution is 2.14. The number of hydrogen-bond donors (Lipinski definition) is 3. The van der Waals surface area contributed by atoms with E-state index in [2.05, 4.69) is 10.3 Å². The van der Waals surface area contributed by atoms with Gasteiger partial charge in [0.2, 0.25) is 0 Å². The number of nitrogens with one attached hydrogen (secondary N) is 2. The Morgan fingerprint density at radius 1 is 1.19 bits per heavy atom. The molecule has 0 aliphatic heterocycles. The van der Waals surface area contributed by atoms with Gasteiger partial charge in [0.25, 0.3) is 5.56 Å². The fourth-order valence-electron chi connectivity index (χ4n) is 2.95. The molecule has 0 saturated carbocycles. The van der Waals surface area contributed by atoms with Crippen LogP contribution in [0.5, 0.6) is 0 Å². The van der Waals surface area contributed by atoms with E-state index in [1.807, 2.05) is 66.4 Å². The van der Waals surface area contributed by atoms with Gasteiger partial charge in [0.15, 0.2) is 5.11 Å². The third-order valence-corrected chi connectivity index (χ3v) is 4.78. The minimum absolute atomic E-state index is 0.0439. The summed E-state index contributed by atoms with van der Waals surface area (Å²) in [5.74, 6) is 0. The molecule has 27 heavy (non-hydrogen) atoms. The van der Waals surface area contributed by atoms with E-state index in [1.54, 1.807) is 0 Å². The van der Waals surface area contributed by atoms with Crippen molar-refractivity contribution < 1.29 is 5.11 Å². The summed E-state index contributed by atoms with van der Waals surface area (Å²) in [7, 11) is 0. The molecule has 5 nitrogen and oxygen atoms in total. The van der Waals surface area contributed by atoms with Crippen molar-refractivity contribution in [1.29, 1.82) is 0 Å². The number of hydrogen-bond acceptors (Lipinski definition) is 3. The van der Waals surface area contributed by atoms with E-state index < -0.39 is 0 Å². The van der Waals surface area contributed by atoms with Crippen LogP contribution in [0, 0.1) is 6.92 Å². The third kappa shape index (κ3) is 4.93. The monoisotopic (exact) mass is 381 g/mol. The normalized spacial score (nSPS) is 10.7. The zero-order valence-corrected chi connectivity index (χ0v) is 16.1. The Hall–Kier alpha value is -2.70. The van der Waals surface area contributed by atoms with Crippen LogP contribution in [0.1, 0.15) is 16.7 Å². The predicted octanol–water partition coefficient (Wildman–Crippen LogP) is 2.71. The third-order valence-electron chi connectivity index (χ3n) is 4.38. The Bertz CT molecular complexity index is 986. The van der Waals surface area contributed by atoms with E-state index in [0.717, 1.165) is 22.0 Å². The number of rotatable bonds is 6. The molecule has 0 radical (unpaired) electrons. The van der Waals surface area contributed by atoms with Crippen molar-refractivity contribution >= 4 is 28.2 Å². The van der Waals surface area contributed by atoms with Crippen LogP contribution in [-0.4, -0.2) is 33.3 Å². The van der Waals surface area contributed by atoms with E-state index in [4.69, 9.17) is 12.2 Å². The lowest BCUT2D eigenvalue weighted by Gasteiger charge is -2.25. The van der Waals surface area contributed by atoms with Gasteiger partial charge in [0.05, 0.1) is 13.2 Å². The second-order valence-electron chi connectivity index (χ2n) is 6.50. The minimum Gasteiger partial charge on any atom is -0.395 e. The Balaban J connectivity index is 1.77. The molecule has 0 atom stereocenters. The van der Waals surface area contributed by atoms with Crippen LogP contribution < -0.4 is 10.9 Å². The molecule has 3 aromatic rings. The molecule has 3 N–H and O–H groups in total. The summed E-state index contributed by atoms with van der Waals surface area (Å²) in [6.45, 7) is 3.25. The number of aliphatic hydroxyl groups is 1. The van der Waals surface area contributed by atoms with Crippen molar-refractivity contribution in [3.05, 3.63) is 81.6 Å². The van der Waals surface area contributed by atoms with Gasteiger partial charge in [-0.2, -0.15) is 0 Å². The lowest BCUT2D eigenvalue weighted by atomic mass is 10.1. The van der Waals surface area contributed by atoms with Crippen LogP contribution >= 0.6 is 12.2 Å². The molecule has 0 aliphatic rings. The van der Waals surface area contributed by atoms with E-state index >= 15 is 0 Å². The molecule has 3 rings (SSSR count). The standard InChI is InChI=1S/C21H23N3O2S/c1-15-7-8-19-17(11-15)12-18(20(26)23-19)14-24(9-10-25)21(27)22-13-16-5-3-2-4-6-16/h2-8,11-12,25H,9-10,13-14H2,1H3,(H,22,27)(H,23,26). The molecule has 6 heteroatoms. The fourth-order valence-corrected chi connectivity index (χ4v) is 3.18. The Kier molecular flexibility index (Phi) is 6.21. The van der Waals surface area contributed by atoms with Gasteiger partial charge in [-0.1, -0.05) is 42.0 Å². The van der Waals surface area contributed by atoms with Crippen molar-refractivity contribution in [2.45, 2.75) is 20.0 Å². The fraction of sp³-hybridized carbons (Fsp3) is 0.238. The van der Waals surface area contributed by atoms with Gasteiger partial charge in [0, 0.05) is 24.2 Å². The quantitative estimate of drug-likeness (QED) is 0.573. The maximum Gasteiger partial charge on any atom is 0.253 e. The molecule has 140 valence electrons. The van der Waals surface area contributed by atoms with Gasteiger partial charge in [-0.25, -0.2) is 0 Å². The molecule has 0 aliphatic carbocycles. The van der Waals surface area contributed by atoms with Crippen LogP contribution in [0.25, 0.3) is 10.9 Å². The number of benzene rings is 2. The smallest absolute Gasteiger partial charge is 0.253 e. The van der Waals surface area contributed by atoms with Crippen molar-refractivity contribution in [3.63, 3.8) is 0 Å². The number of fused-ring (bicyclic) bond motifs is 1. The highest BCUT2D eigenvalue weighted by molar-refractivity contribution is 7.80. The Labute approximate surface area is 163 Å². The first-order valence-electron chi connectivity index (χ1n) is 8.87. The number of pyridine rings is 1. The first-order chi connectivity index (χ1) is 13.1. The highest BCUT2D eigenvalue weighted by atomic mass is 32.1. The molecule has 0 fully saturated rings. The van der Waals surface area contributed by atoms with Crippen molar-refractivity contribution in [2.24, 2.45) is 0 Å². The van der Waals surface area contributed by atoms with E-state index in [-0.39, 0.29) is 12.2 Å². The van der Waals surface area contributed by atoms with E-state index in [1.165, 1.54) is 0 Å². The lowest BCUT2D eigenvalue weighted by Crippen LogP contribution is -2.41. The lowest BCUT2D eigenvalue weighted by molar-refractivity contribution is 0.245. The first-order valence-corrected chi connectivity index (χ1v) is 9.28. The van der Waals surface area contributed by atoms with Crippen LogP contribution in [0.4, 0.5) is 0 Å². The van der Waals surface area contributed by atoms with Crippen LogP contribution in [0.15, 0.2) is 59.4 Å². The van der Waals surface area contributed by atoms with Gasteiger partial charge < -0.3 is 20.3 Å². The molecule has 1 heterocycles. The van der Waals surface area contributed by atoms with Gasteiger partial charge in [0.1, 0.15) is 0 Å². The van der Waals surface area contributed by atoms with Crippen molar-refractivity contribution in [2.75, 3.05) is 13.2 Å². The maximum atomic E-state index is 12.5. The number of aliphatic hydroxyl groups excluding tert-OH is 1. The molecule has 0 unspecified atom stereocenters. The van der Waals surface area contributed by atoms with Gasteiger partial charge >= 0.3 is 0 Å². The van der Waals surface area contributed by atoms with E-state index in [9.17, 15) is 9.90 Å². The SMILES string of the molecule is Cc1ccc2[nH]c(=O)c(CN(CCO)C(=S)NCc3ccccc3)cc2c1. The molecule has 0 amide bonds. The number of aryl methyl sites for hydroxylation is 1. The minimum atomic E-state index is -0.139. The number of thiocarbonyl (C=S) groups is 1. The number of H-pyrrole nitrogens is 1. The largest absolute Gasteiger partial charge is 0.395 e. The molecule has 0 spiro atoms.